The van der Waals surface area contributed by atoms with Crippen molar-refractivity contribution in [2.45, 2.75) is 46.0 Å². The summed E-state index contributed by atoms with van der Waals surface area (Å²) >= 11 is 0. The van der Waals surface area contributed by atoms with Gasteiger partial charge in [-0.05, 0) is 29.9 Å². The van der Waals surface area contributed by atoms with E-state index in [1.807, 2.05) is 20.0 Å². The Hall–Kier alpha value is -2.10. The fourth-order valence-electron chi connectivity index (χ4n) is 2.36. The van der Waals surface area contributed by atoms with Crippen LogP contribution in [0.2, 0.25) is 0 Å². The molecule has 4 nitrogen and oxygen atoms in total. The second kappa shape index (κ2) is 6.34. The molecule has 0 saturated heterocycles. The molecule has 0 aliphatic rings. The lowest BCUT2D eigenvalue weighted by Gasteiger charge is -2.19. The molecule has 0 fully saturated rings. The number of nitrogens with one attached hydrogen (secondary N) is 1. The van der Waals surface area contributed by atoms with Crippen molar-refractivity contribution in [2.75, 3.05) is 5.32 Å². The fourth-order valence-corrected chi connectivity index (χ4v) is 2.36. The molecule has 0 atom stereocenters. The third-order valence-electron chi connectivity index (χ3n) is 3.73. The predicted octanol–water partition coefficient (Wildman–Crippen LogP) is 3.60. The largest absolute Gasteiger partial charge is 0.311 e. The number of carbonyl (C=O) groups is 1. The van der Waals surface area contributed by atoms with Crippen LogP contribution in [-0.4, -0.2) is 15.7 Å². The molecule has 0 bridgehead atoms. The minimum atomic E-state index is 0.0166. The summed E-state index contributed by atoms with van der Waals surface area (Å²) in [5, 5.41) is 7.12. The fraction of sp³-hybridized carbons (Fsp3) is 0.444. The van der Waals surface area contributed by atoms with Crippen LogP contribution >= 0.6 is 0 Å². The van der Waals surface area contributed by atoms with Crippen LogP contribution in [-0.2, 0) is 23.7 Å². The molecule has 0 aliphatic heterocycles. The number of rotatable bonds is 4. The summed E-state index contributed by atoms with van der Waals surface area (Å²) in [5.74, 6) is 0.758. The molecule has 0 radical (unpaired) electrons. The van der Waals surface area contributed by atoms with Gasteiger partial charge in [0.15, 0.2) is 0 Å². The Kier molecular flexibility index (Phi) is 4.69. The number of hydrogen-bond acceptors (Lipinski definition) is 2. The normalized spacial score (nSPS) is 11.5. The van der Waals surface area contributed by atoms with Crippen molar-refractivity contribution in [3.05, 3.63) is 47.2 Å². The van der Waals surface area contributed by atoms with Gasteiger partial charge in [-0.15, -0.1) is 0 Å². The number of anilines is 1. The highest BCUT2D eigenvalue weighted by Crippen LogP contribution is 2.22. The Morgan fingerprint density at radius 1 is 1.23 bits per heavy atom. The summed E-state index contributed by atoms with van der Waals surface area (Å²) in [5.41, 5.74) is 3.55. The van der Waals surface area contributed by atoms with Crippen LogP contribution < -0.4 is 5.32 Å². The van der Waals surface area contributed by atoms with Gasteiger partial charge in [-0.3, -0.25) is 9.48 Å². The highest BCUT2D eigenvalue weighted by atomic mass is 16.1. The summed E-state index contributed by atoms with van der Waals surface area (Å²) in [7, 11) is 1.83. The van der Waals surface area contributed by atoms with Crippen LogP contribution in [0.25, 0.3) is 0 Å². The number of nitrogens with zero attached hydrogens (tertiary/aromatic N) is 2. The van der Waals surface area contributed by atoms with Gasteiger partial charge in [-0.25, -0.2) is 0 Å². The van der Waals surface area contributed by atoms with E-state index >= 15 is 0 Å². The third kappa shape index (κ3) is 4.20. The predicted molar refractivity (Wildman–Crippen MR) is 90.0 cm³/mol. The van der Waals surface area contributed by atoms with Crippen LogP contribution in [0.15, 0.2) is 30.3 Å². The average molecular weight is 299 g/mol. The van der Waals surface area contributed by atoms with E-state index in [0.717, 1.165) is 17.9 Å². The van der Waals surface area contributed by atoms with Crippen LogP contribution in [0, 0.1) is 6.92 Å². The summed E-state index contributed by atoms with van der Waals surface area (Å²) in [6.45, 7) is 8.51. The summed E-state index contributed by atoms with van der Waals surface area (Å²) in [6.07, 6.45) is 1.21. The quantitative estimate of drug-likeness (QED) is 0.937. The Morgan fingerprint density at radius 2 is 1.86 bits per heavy atom. The molecule has 1 aromatic heterocycles. The maximum absolute atomic E-state index is 12.0. The highest BCUT2D eigenvalue weighted by Gasteiger charge is 2.13. The van der Waals surface area contributed by atoms with E-state index in [9.17, 15) is 4.79 Å². The van der Waals surface area contributed by atoms with Crippen LogP contribution in [0.5, 0.6) is 0 Å². The van der Waals surface area contributed by atoms with Crippen molar-refractivity contribution in [2.24, 2.45) is 7.05 Å². The van der Waals surface area contributed by atoms with E-state index in [2.05, 4.69) is 55.5 Å². The second-order valence-corrected chi connectivity index (χ2v) is 6.79. The summed E-state index contributed by atoms with van der Waals surface area (Å²) in [4.78, 5) is 12.0. The molecule has 0 spiro atoms. The summed E-state index contributed by atoms with van der Waals surface area (Å²) in [6, 6.07) is 10.4. The topological polar surface area (TPSA) is 46.9 Å². The molecule has 2 rings (SSSR count). The van der Waals surface area contributed by atoms with E-state index in [1.54, 1.807) is 4.68 Å². The maximum Gasteiger partial charge on any atom is 0.225 e. The van der Waals surface area contributed by atoms with Crippen LogP contribution in [0.1, 0.15) is 44.0 Å². The van der Waals surface area contributed by atoms with Gasteiger partial charge in [0.05, 0.1) is 5.69 Å². The maximum atomic E-state index is 12.0. The summed E-state index contributed by atoms with van der Waals surface area (Å²) < 4.78 is 1.69. The van der Waals surface area contributed by atoms with Crippen molar-refractivity contribution in [1.82, 2.24) is 9.78 Å². The molecule has 1 N–H and O–H groups in total. The molecular weight excluding hydrogens is 274 g/mol. The first kappa shape index (κ1) is 16.3. The minimum Gasteiger partial charge on any atom is -0.311 e. The molecule has 0 saturated carbocycles. The van der Waals surface area contributed by atoms with Crippen LogP contribution in [0.3, 0.4) is 0 Å². The monoisotopic (exact) mass is 299 g/mol. The Bertz CT molecular complexity index is 648. The van der Waals surface area contributed by atoms with Gasteiger partial charge in [0.2, 0.25) is 5.91 Å². The van der Waals surface area contributed by atoms with Crippen molar-refractivity contribution in [1.29, 1.82) is 0 Å². The molecule has 0 aliphatic carbocycles. The number of hydrogen-bond donors (Lipinski definition) is 1. The zero-order valence-electron chi connectivity index (χ0n) is 14.1. The Labute approximate surface area is 132 Å². The number of amides is 1. The van der Waals surface area contributed by atoms with Crippen molar-refractivity contribution in [3.8, 4) is 0 Å². The number of aryl methyl sites for hydroxylation is 3. The zero-order valence-corrected chi connectivity index (χ0v) is 14.1. The second-order valence-electron chi connectivity index (χ2n) is 6.79. The van der Waals surface area contributed by atoms with E-state index in [4.69, 9.17) is 0 Å². The Morgan fingerprint density at radius 3 is 2.36 bits per heavy atom. The van der Waals surface area contributed by atoms with E-state index in [0.29, 0.717) is 6.42 Å². The standard InChI is InChI=1S/C18H25N3O/c1-13-12-16(21(5)20-13)19-17(22)11-8-14-6-9-15(10-7-14)18(2,3)4/h6-7,9-10,12H,8,11H2,1-5H3,(H,19,22). The lowest BCUT2D eigenvalue weighted by molar-refractivity contribution is -0.116. The third-order valence-corrected chi connectivity index (χ3v) is 3.73. The van der Waals surface area contributed by atoms with Gasteiger partial charge >= 0.3 is 0 Å². The van der Waals surface area contributed by atoms with Crippen molar-refractivity contribution >= 4 is 11.7 Å². The van der Waals surface area contributed by atoms with Gasteiger partial charge in [0.25, 0.3) is 0 Å². The number of aromatic nitrogens is 2. The lowest BCUT2D eigenvalue weighted by Crippen LogP contribution is -2.15. The van der Waals surface area contributed by atoms with Gasteiger partial charge in [0, 0.05) is 19.5 Å². The average Bonchev–Trinajstić information content (AvgIpc) is 2.74. The first-order valence-electron chi connectivity index (χ1n) is 7.65. The highest BCUT2D eigenvalue weighted by molar-refractivity contribution is 5.90. The molecule has 1 amide bonds. The molecule has 4 heteroatoms. The first-order chi connectivity index (χ1) is 10.3. The van der Waals surface area contributed by atoms with E-state index in [-0.39, 0.29) is 11.3 Å². The SMILES string of the molecule is Cc1cc(NC(=O)CCc2ccc(C(C)(C)C)cc2)n(C)n1. The van der Waals surface area contributed by atoms with Gasteiger partial charge in [-0.2, -0.15) is 5.10 Å². The van der Waals surface area contributed by atoms with E-state index in [1.165, 1.54) is 11.1 Å². The smallest absolute Gasteiger partial charge is 0.225 e. The molecule has 1 aromatic carbocycles. The lowest BCUT2D eigenvalue weighted by atomic mass is 9.86. The molecule has 1 heterocycles. The van der Waals surface area contributed by atoms with Crippen LogP contribution in [0.4, 0.5) is 5.82 Å². The van der Waals surface area contributed by atoms with Crippen molar-refractivity contribution in [3.63, 3.8) is 0 Å². The van der Waals surface area contributed by atoms with E-state index < -0.39 is 0 Å². The number of benzene rings is 1. The number of carbonyl (C=O) groups excluding carboxylic acids is 1. The van der Waals surface area contributed by atoms with Gasteiger partial charge in [0.1, 0.15) is 5.82 Å². The zero-order chi connectivity index (χ0) is 16.3. The molecule has 22 heavy (non-hydrogen) atoms. The molecule has 0 unspecified atom stereocenters. The molecular formula is C18H25N3O. The Balaban J connectivity index is 1.90. The first-order valence-corrected chi connectivity index (χ1v) is 7.65. The van der Waals surface area contributed by atoms with Gasteiger partial charge in [-0.1, -0.05) is 45.0 Å². The minimum absolute atomic E-state index is 0.0166. The van der Waals surface area contributed by atoms with Crippen molar-refractivity contribution < 1.29 is 4.79 Å². The molecule has 2 aromatic rings. The van der Waals surface area contributed by atoms with Gasteiger partial charge < -0.3 is 5.32 Å². The molecule has 118 valence electrons.